The van der Waals surface area contributed by atoms with Crippen LogP contribution >= 0.6 is 12.6 Å². The Morgan fingerprint density at radius 3 is 2.07 bits per heavy atom. The number of carbonyl (C=O) groups is 1. The summed E-state index contributed by atoms with van der Waals surface area (Å²) in [6.45, 7) is 9.40. The maximum Gasteiger partial charge on any atom is 0.232 e. The van der Waals surface area contributed by atoms with Gasteiger partial charge in [-0.1, -0.05) is 27.7 Å². The van der Waals surface area contributed by atoms with Crippen molar-refractivity contribution in [3.63, 3.8) is 0 Å². The molecule has 0 atom stereocenters. The zero-order chi connectivity index (χ0) is 11.1. The van der Waals surface area contributed by atoms with Crippen LogP contribution in [0.2, 0.25) is 0 Å². The van der Waals surface area contributed by atoms with Gasteiger partial charge in [0.15, 0.2) is 0 Å². The molecule has 0 aromatic carbocycles. The van der Waals surface area contributed by atoms with Crippen LogP contribution in [0.25, 0.3) is 0 Å². The van der Waals surface area contributed by atoms with Crippen molar-refractivity contribution in [3.05, 3.63) is 0 Å². The molecule has 2 nitrogen and oxygen atoms in total. The monoisotopic (exact) mass is 217 g/mol. The summed E-state index contributed by atoms with van der Waals surface area (Å²) in [6.07, 6.45) is 2.06. The molecule has 0 fully saturated rings. The Hall–Kier alpha value is -0.180. The largest absolute Gasteiger partial charge is 0.339 e. The molecule has 0 N–H and O–H groups in total. The van der Waals surface area contributed by atoms with Crippen LogP contribution in [0.15, 0.2) is 0 Å². The summed E-state index contributed by atoms with van der Waals surface area (Å²) in [5, 5.41) is 0. The second-order valence-corrected chi connectivity index (χ2v) is 4.38. The first-order valence-electron chi connectivity index (χ1n) is 5.47. The zero-order valence-corrected chi connectivity index (χ0v) is 10.7. The van der Waals surface area contributed by atoms with Gasteiger partial charge >= 0.3 is 0 Å². The topological polar surface area (TPSA) is 20.3 Å². The fourth-order valence-electron chi connectivity index (χ4n) is 1.67. The lowest BCUT2D eigenvalue weighted by Gasteiger charge is -2.31. The number of hydrogen-bond donors (Lipinski definition) is 1. The predicted octanol–water partition coefficient (Wildman–Crippen LogP) is 2.59. The van der Waals surface area contributed by atoms with Crippen LogP contribution in [0.5, 0.6) is 0 Å². The maximum atomic E-state index is 11.7. The molecule has 0 heterocycles. The number of rotatable bonds is 6. The van der Waals surface area contributed by atoms with E-state index < -0.39 is 0 Å². The lowest BCUT2D eigenvalue weighted by molar-refractivity contribution is -0.131. The molecule has 84 valence electrons. The van der Waals surface area contributed by atoms with Crippen LogP contribution in [0.1, 0.15) is 40.5 Å². The average molecular weight is 217 g/mol. The normalized spacial score (nSPS) is 11.1. The van der Waals surface area contributed by atoms with E-state index in [1.54, 1.807) is 0 Å². The van der Waals surface area contributed by atoms with E-state index in [1.807, 2.05) is 4.90 Å². The predicted molar refractivity (Wildman–Crippen MR) is 64.8 cm³/mol. The van der Waals surface area contributed by atoms with Crippen LogP contribution in [-0.2, 0) is 4.79 Å². The summed E-state index contributed by atoms with van der Waals surface area (Å²) in [6, 6.07) is 0.386. The minimum absolute atomic E-state index is 0.163. The third-order valence-electron chi connectivity index (χ3n) is 2.40. The van der Waals surface area contributed by atoms with E-state index >= 15 is 0 Å². The molecule has 0 aliphatic heterocycles. The molecule has 14 heavy (non-hydrogen) atoms. The highest BCUT2D eigenvalue weighted by molar-refractivity contribution is 7.81. The first-order chi connectivity index (χ1) is 6.56. The van der Waals surface area contributed by atoms with E-state index in [0.717, 1.165) is 19.4 Å². The SMILES string of the molecule is CCC(CC)N(CC(C)C)C(=O)CS. The minimum Gasteiger partial charge on any atom is -0.339 e. The first-order valence-corrected chi connectivity index (χ1v) is 6.10. The van der Waals surface area contributed by atoms with Gasteiger partial charge in [0.05, 0.1) is 5.75 Å². The van der Waals surface area contributed by atoms with Crippen LogP contribution in [0.3, 0.4) is 0 Å². The summed E-state index contributed by atoms with van der Waals surface area (Å²) in [5.41, 5.74) is 0. The molecule has 0 saturated heterocycles. The molecule has 0 radical (unpaired) electrons. The Bertz CT molecular complexity index is 167. The van der Waals surface area contributed by atoms with Gasteiger partial charge in [-0.15, -0.1) is 0 Å². The molecule has 0 aliphatic rings. The maximum absolute atomic E-state index is 11.7. The molecule has 0 bridgehead atoms. The Labute approximate surface area is 93.5 Å². The summed E-state index contributed by atoms with van der Waals surface area (Å²) < 4.78 is 0. The van der Waals surface area contributed by atoms with Gasteiger partial charge in [-0.25, -0.2) is 0 Å². The van der Waals surface area contributed by atoms with Crippen LogP contribution in [0, 0.1) is 5.92 Å². The Morgan fingerprint density at radius 2 is 1.79 bits per heavy atom. The third kappa shape index (κ3) is 4.36. The Balaban J connectivity index is 4.43. The standard InChI is InChI=1S/C11H23NOS/c1-5-10(6-2)12(7-9(3)4)11(13)8-14/h9-10,14H,5-8H2,1-4H3. The van der Waals surface area contributed by atoms with Crippen LogP contribution < -0.4 is 0 Å². The highest BCUT2D eigenvalue weighted by Crippen LogP contribution is 2.12. The lowest BCUT2D eigenvalue weighted by Crippen LogP contribution is -2.42. The molecule has 0 aliphatic carbocycles. The molecule has 0 aromatic rings. The van der Waals surface area contributed by atoms with Crippen molar-refractivity contribution < 1.29 is 4.79 Å². The van der Waals surface area contributed by atoms with E-state index in [0.29, 0.717) is 17.7 Å². The third-order valence-corrected chi connectivity index (χ3v) is 2.67. The van der Waals surface area contributed by atoms with Crippen molar-refractivity contribution in [1.29, 1.82) is 0 Å². The Kier molecular flexibility index (Phi) is 7.06. The minimum atomic E-state index is 0.163. The number of thiol groups is 1. The second kappa shape index (κ2) is 7.16. The van der Waals surface area contributed by atoms with Gasteiger partial charge < -0.3 is 4.90 Å². The molecule has 1 amide bonds. The zero-order valence-electron chi connectivity index (χ0n) is 9.79. The summed E-state index contributed by atoms with van der Waals surface area (Å²) >= 11 is 4.06. The number of amides is 1. The van der Waals surface area contributed by atoms with Gasteiger partial charge in [-0.2, -0.15) is 12.6 Å². The molecule has 0 rings (SSSR count). The van der Waals surface area contributed by atoms with Crippen molar-refractivity contribution in [1.82, 2.24) is 4.90 Å². The fourth-order valence-corrected chi connectivity index (χ4v) is 1.85. The van der Waals surface area contributed by atoms with Crippen molar-refractivity contribution >= 4 is 18.5 Å². The van der Waals surface area contributed by atoms with E-state index in [1.165, 1.54) is 0 Å². The van der Waals surface area contributed by atoms with Gasteiger partial charge in [-0.05, 0) is 18.8 Å². The molecule has 0 saturated carbocycles. The van der Waals surface area contributed by atoms with E-state index in [9.17, 15) is 4.79 Å². The van der Waals surface area contributed by atoms with E-state index in [2.05, 4.69) is 40.3 Å². The quantitative estimate of drug-likeness (QED) is 0.678. The van der Waals surface area contributed by atoms with E-state index in [-0.39, 0.29) is 5.91 Å². The van der Waals surface area contributed by atoms with Crippen molar-refractivity contribution in [2.75, 3.05) is 12.3 Å². The van der Waals surface area contributed by atoms with Gasteiger partial charge in [0.2, 0.25) is 5.91 Å². The van der Waals surface area contributed by atoms with Crippen molar-refractivity contribution in [2.24, 2.45) is 5.92 Å². The van der Waals surface area contributed by atoms with Gasteiger partial charge in [0.25, 0.3) is 0 Å². The fraction of sp³-hybridized carbons (Fsp3) is 0.909. The van der Waals surface area contributed by atoms with Gasteiger partial charge in [0.1, 0.15) is 0 Å². The van der Waals surface area contributed by atoms with E-state index in [4.69, 9.17) is 0 Å². The molecule has 0 spiro atoms. The molecule has 0 aromatic heterocycles. The van der Waals surface area contributed by atoms with Crippen molar-refractivity contribution in [3.8, 4) is 0 Å². The molecule has 3 heteroatoms. The molecule has 0 unspecified atom stereocenters. The highest BCUT2D eigenvalue weighted by Gasteiger charge is 2.20. The average Bonchev–Trinajstić information content (AvgIpc) is 2.16. The first kappa shape index (κ1) is 13.8. The molecular formula is C11H23NOS. The Morgan fingerprint density at radius 1 is 1.29 bits per heavy atom. The number of nitrogens with zero attached hydrogens (tertiary/aromatic N) is 1. The number of carbonyl (C=O) groups excluding carboxylic acids is 1. The number of hydrogen-bond acceptors (Lipinski definition) is 2. The van der Waals surface area contributed by atoms with Crippen LogP contribution in [-0.4, -0.2) is 29.1 Å². The highest BCUT2D eigenvalue weighted by atomic mass is 32.1. The summed E-state index contributed by atoms with van der Waals surface area (Å²) in [5.74, 6) is 1.01. The van der Waals surface area contributed by atoms with Crippen LogP contribution in [0.4, 0.5) is 0 Å². The molecular weight excluding hydrogens is 194 g/mol. The van der Waals surface area contributed by atoms with Gasteiger partial charge in [0, 0.05) is 12.6 Å². The second-order valence-electron chi connectivity index (χ2n) is 4.07. The smallest absolute Gasteiger partial charge is 0.232 e. The lowest BCUT2D eigenvalue weighted by atomic mass is 10.1. The summed E-state index contributed by atoms with van der Waals surface area (Å²) in [7, 11) is 0. The summed E-state index contributed by atoms with van der Waals surface area (Å²) in [4.78, 5) is 13.6. The van der Waals surface area contributed by atoms with Gasteiger partial charge in [-0.3, -0.25) is 4.79 Å². The van der Waals surface area contributed by atoms with Crippen molar-refractivity contribution in [2.45, 2.75) is 46.6 Å².